The van der Waals surface area contributed by atoms with Crippen molar-refractivity contribution in [1.82, 2.24) is 0 Å². The zero-order valence-corrected chi connectivity index (χ0v) is 71.7. The molecule has 0 bridgehead atoms. The number of ether oxygens (including phenoxy) is 4. The van der Waals surface area contributed by atoms with Crippen LogP contribution in [0.1, 0.15) is 459 Å². The monoisotopic (exact) mass is 1550 g/mol. The first-order valence-electron chi connectivity index (χ1n) is 44.8. The fraction of sp³-hybridized carbons (Fsp3) is 0.954. The van der Waals surface area contributed by atoms with Gasteiger partial charge >= 0.3 is 39.5 Å². The van der Waals surface area contributed by atoms with Gasteiger partial charge in [-0.2, -0.15) is 0 Å². The Morgan fingerprint density at radius 3 is 0.642 bits per heavy atom. The van der Waals surface area contributed by atoms with Crippen molar-refractivity contribution in [3.63, 3.8) is 0 Å². The van der Waals surface area contributed by atoms with Crippen LogP contribution in [-0.4, -0.2) is 96.7 Å². The van der Waals surface area contributed by atoms with E-state index in [4.69, 9.17) is 37.0 Å². The van der Waals surface area contributed by atoms with E-state index in [1.807, 2.05) is 0 Å². The van der Waals surface area contributed by atoms with Crippen LogP contribution in [0.3, 0.4) is 0 Å². The molecule has 0 aromatic rings. The zero-order valence-electron chi connectivity index (χ0n) is 69.9. The predicted octanol–water partition coefficient (Wildman–Crippen LogP) is 26.5. The average Bonchev–Trinajstić information content (AvgIpc) is 0.899. The number of carbonyl (C=O) groups excluding carboxylic acids is 4. The summed E-state index contributed by atoms with van der Waals surface area (Å²) in [5.74, 6) is 0.226. The van der Waals surface area contributed by atoms with E-state index in [0.29, 0.717) is 25.7 Å². The van der Waals surface area contributed by atoms with E-state index in [1.165, 1.54) is 270 Å². The van der Waals surface area contributed by atoms with E-state index in [2.05, 4.69) is 48.5 Å². The molecule has 0 aliphatic carbocycles. The van der Waals surface area contributed by atoms with E-state index in [0.717, 1.165) is 108 Å². The number of phosphoric acid groups is 2. The fourth-order valence-corrected chi connectivity index (χ4v) is 15.1. The second-order valence-electron chi connectivity index (χ2n) is 32.7. The minimum atomic E-state index is -4.97. The lowest BCUT2D eigenvalue weighted by molar-refractivity contribution is -0.161. The summed E-state index contributed by atoms with van der Waals surface area (Å²) in [6.07, 6.45) is 68.1. The molecule has 0 aromatic carbocycles. The standard InChI is InChI=1S/C87H170O17P2/c1-8-9-10-11-12-13-14-15-16-17-18-19-20-21-22-29-34-41-49-56-63-70-86(91)103-82(74-97-84(89)68-61-54-47-40-33-28-24-23-26-31-37-44-51-58-65-78(2)3)76-101-105(93,94)99-72-81(88)73-100-106(95,96)102-77-83(75-98-85(90)69-62-55-48-43-36-39-46-53-60-67-80(6)7)104-87(92)71-64-57-50-42-35-30-25-27-32-38-45-52-59-66-79(4)5/h78-83,88H,8-77H2,1-7H3,(H,93,94)(H,95,96)/t81-,82-,83-/m1/s1. The molecule has 0 spiro atoms. The molecule has 19 heteroatoms. The molecule has 0 fully saturated rings. The van der Waals surface area contributed by atoms with Gasteiger partial charge in [-0.05, 0) is 43.4 Å². The summed E-state index contributed by atoms with van der Waals surface area (Å²) < 4.78 is 69.0. The van der Waals surface area contributed by atoms with Gasteiger partial charge in [0, 0.05) is 25.7 Å². The quantitative estimate of drug-likeness (QED) is 0.0222. The molecule has 0 radical (unpaired) electrons. The number of unbranched alkanes of at least 4 members (excludes halogenated alkanes) is 53. The second kappa shape index (κ2) is 77.0. The molecule has 17 nitrogen and oxygen atoms in total. The Balaban J connectivity index is 5.25. The molecule has 2 unspecified atom stereocenters. The Kier molecular flexibility index (Phi) is 75.6. The second-order valence-corrected chi connectivity index (χ2v) is 35.6. The molecule has 3 N–H and O–H groups in total. The van der Waals surface area contributed by atoms with Crippen LogP contribution in [-0.2, 0) is 65.4 Å². The molecule has 0 aliphatic heterocycles. The number of hydrogen-bond donors (Lipinski definition) is 3. The lowest BCUT2D eigenvalue weighted by atomic mass is 10.0. The van der Waals surface area contributed by atoms with Crippen molar-refractivity contribution in [3.8, 4) is 0 Å². The summed E-state index contributed by atoms with van der Waals surface area (Å²) in [5, 5.41) is 10.7. The Morgan fingerprint density at radius 2 is 0.434 bits per heavy atom. The number of aliphatic hydroxyl groups is 1. The van der Waals surface area contributed by atoms with Crippen LogP contribution in [0, 0.1) is 17.8 Å². The number of hydrogen-bond acceptors (Lipinski definition) is 15. The SMILES string of the molecule is CCCCCCCCCCCCCCCCCCCCCCCC(=O)O[C@H](COC(=O)CCCCCCCCCCCCCCCCC(C)C)COP(=O)(O)OC[C@@H](O)COP(=O)(O)OC[C@@H](COC(=O)CCCCCCCCCCCC(C)C)OC(=O)CCCCCCCCCCCCCCCC(C)C. The van der Waals surface area contributed by atoms with Crippen molar-refractivity contribution in [1.29, 1.82) is 0 Å². The number of aliphatic hydroxyl groups excluding tert-OH is 1. The van der Waals surface area contributed by atoms with E-state index in [-0.39, 0.29) is 25.7 Å². The van der Waals surface area contributed by atoms with Crippen molar-refractivity contribution in [2.45, 2.75) is 478 Å². The maximum absolute atomic E-state index is 13.2. The lowest BCUT2D eigenvalue weighted by Crippen LogP contribution is -2.30. The first kappa shape index (κ1) is 104. The number of phosphoric ester groups is 2. The van der Waals surface area contributed by atoms with Gasteiger partial charge in [0.15, 0.2) is 12.2 Å². The van der Waals surface area contributed by atoms with Gasteiger partial charge in [0.1, 0.15) is 19.3 Å². The maximum Gasteiger partial charge on any atom is 0.472 e. The van der Waals surface area contributed by atoms with Crippen molar-refractivity contribution < 1.29 is 80.2 Å². The number of rotatable bonds is 85. The fourth-order valence-electron chi connectivity index (χ4n) is 13.5. The summed E-state index contributed by atoms with van der Waals surface area (Å²) in [6.45, 7) is 12.0. The summed E-state index contributed by atoms with van der Waals surface area (Å²) in [7, 11) is -9.93. The summed E-state index contributed by atoms with van der Waals surface area (Å²) >= 11 is 0. The van der Waals surface area contributed by atoms with Crippen LogP contribution in [0.4, 0.5) is 0 Å². The van der Waals surface area contributed by atoms with Crippen molar-refractivity contribution in [2.24, 2.45) is 17.8 Å². The summed E-state index contributed by atoms with van der Waals surface area (Å²) in [4.78, 5) is 73.3. The Labute approximate surface area is 651 Å². The van der Waals surface area contributed by atoms with Gasteiger partial charge in [-0.25, -0.2) is 9.13 Å². The highest BCUT2D eigenvalue weighted by Crippen LogP contribution is 2.45. The Morgan fingerprint density at radius 1 is 0.255 bits per heavy atom. The molecule has 0 aliphatic rings. The van der Waals surface area contributed by atoms with Crippen LogP contribution < -0.4 is 0 Å². The zero-order chi connectivity index (χ0) is 77.9. The molecule has 0 rings (SSSR count). The van der Waals surface area contributed by atoms with Gasteiger partial charge < -0.3 is 33.8 Å². The molecule has 5 atom stereocenters. The minimum Gasteiger partial charge on any atom is -0.462 e. The van der Waals surface area contributed by atoms with Crippen molar-refractivity contribution in [3.05, 3.63) is 0 Å². The highest BCUT2D eigenvalue weighted by molar-refractivity contribution is 7.47. The third-order valence-electron chi connectivity index (χ3n) is 20.4. The van der Waals surface area contributed by atoms with E-state index in [9.17, 15) is 43.2 Å². The van der Waals surface area contributed by atoms with E-state index >= 15 is 0 Å². The normalized spacial score (nSPS) is 13.9. The topological polar surface area (TPSA) is 237 Å². The number of esters is 4. The molecule has 0 saturated carbocycles. The molecule has 630 valence electrons. The molecule has 0 amide bonds. The molecule has 0 aromatic heterocycles. The highest BCUT2D eigenvalue weighted by atomic mass is 31.2. The third-order valence-corrected chi connectivity index (χ3v) is 22.3. The molecule has 0 saturated heterocycles. The van der Waals surface area contributed by atoms with E-state index < -0.39 is 97.5 Å². The molecule has 106 heavy (non-hydrogen) atoms. The lowest BCUT2D eigenvalue weighted by Gasteiger charge is -2.21. The minimum absolute atomic E-state index is 0.107. The highest BCUT2D eigenvalue weighted by Gasteiger charge is 2.30. The number of carbonyl (C=O) groups is 4. The molecular weight excluding hydrogens is 1380 g/mol. The van der Waals surface area contributed by atoms with Gasteiger partial charge in [0.2, 0.25) is 0 Å². The van der Waals surface area contributed by atoms with Crippen molar-refractivity contribution in [2.75, 3.05) is 39.6 Å². The summed E-state index contributed by atoms with van der Waals surface area (Å²) in [5.41, 5.74) is 0. The smallest absolute Gasteiger partial charge is 0.462 e. The largest absolute Gasteiger partial charge is 0.472 e. The maximum atomic E-state index is 13.2. The van der Waals surface area contributed by atoms with Gasteiger partial charge in [0.05, 0.1) is 26.4 Å². The first-order valence-corrected chi connectivity index (χ1v) is 47.8. The molecular formula is C87H170O17P2. The Hall–Kier alpha value is -1.94. The van der Waals surface area contributed by atoms with Crippen LogP contribution in [0.15, 0.2) is 0 Å². The van der Waals surface area contributed by atoms with Crippen LogP contribution in [0.2, 0.25) is 0 Å². The first-order chi connectivity index (χ1) is 51.2. The van der Waals surface area contributed by atoms with Gasteiger partial charge in [-0.3, -0.25) is 37.3 Å². The van der Waals surface area contributed by atoms with Gasteiger partial charge in [-0.15, -0.1) is 0 Å². The predicted molar refractivity (Wildman–Crippen MR) is 437 cm³/mol. The van der Waals surface area contributed by atoms with Gasteiger partial charge in [-0.1, -0.05) is 408 Å². The van der Waals surface area contributed by atoms with Gasteiger partial charge in [0.25, 0.3) is 0 Å². The summed E-state index contributed by atoms with van der Waals surface area (Å²) in [6, 6.07) is 0. The van der Waals surface area contributed by atoms with Crippen molar-refractivity contribution >= 4 is 39.5 Å². The van der Waals surface area contributed by atoms with Crippen LogP contribution in [0.5, 0.6) is 0 Å². The van der Waals surface area contributed by atoms with Crippen LogP contribution >= 0.6 is 15.6 Å². The average molecular weight is 1550 g/mol. The van der Waals surface area contributed by atoms with Crippen LogP contribution in [0.25, 0.3) is 0 Å². The van der Waals surface area contributed by atoms with E-state index in [1.54, 1.807) is 0 Å². The Bertz CT molecular complexity index is 2040. The third kappa shape index (κ3) is 80.1. The molecule has 0 heterocycles.